The summed E-state index contributed by atoms with van der Waals surface area (Å²) >= 11 is 0. The van der Waals surface area contributed by atoms with Crippen molar-refractivity contribution in [2.24, 2.45) is 0 Å². The van der Waals surface area contributed by atoms with Gasteiger partial charge < -0.3 is 34.6 Å². The molecule has 1 aromatic heterocycles. The Labute approximate surface area is 264 Å². The Morgan fingerprint density at radius 2 is 1.68 bits per heavy atom. The average Bonchev–Trinajstić information content (AvgIpc) is 3.01. The predicted molar refractivity (Wildman–Crippen MR) is 182 cm³/mol. The van der Waals surface area contributed by atoms with Crippen molar-refractivity contribution in [2.75, 3.05) is 83.1 Å². The second-order valence-electron chi connectivity index (χ2n) is 11.9. The van der Waals surface area contributed by atoms with Crippen LogP contribution in [0.3, 0.4) is 0 Å². The van der Waals surface area contributed by atoms with Crippen molar-refractivity contribution in [3.8, 4) is 17.2 Å². The third kappa shape index (κ3) is 8.57. The zero-order valence-electron chi connectivity index (χ0n) is 28.1. The number of methoxy groups -OCH3 is 2. The van der Waals surface area contributed by atoms with E-state index in [-0.39, 0.29) is 6.10 Å². The minimum Gasteiger partial charge on any atom is -0.493 e. The lowest BCUT2D eigenvalue weighted by Gasteiger charge is -2.34. The van der Waals surface area contributed by atoms with Crippen LogP contribution < -0.4 is 29.7 Å². The number of hydrogen-bond acceptors (Lipinski definition) is 10. The predicted octanol–water partition coefficient (Wildman–Crippen LogP) is 5.72. The topological polar surface area (TPSA) is 87.2 Å². The van der Waals surface area contributed by atoms with Crippen LogP contribution in [0.25, 0.3) is 10.9 Å². The first-order valence-corrected chi connectivity index (χ1v) is 16.1. The molecule has 4 rings (SSSR count). The summed E-state index contributed by atoms with van der Waals surface area (Å²) in [7, 11) is 7.50. The molecule has 2 heterocycles. The molecule has 2 aromatic carbocycles. The van der Waals surface area contributed by atoms with Crippen LogP contribution in [-0.2, 0) is 6.54 Å². The SMILES string of the molecule is CCN(CC)CCCNc1nc(NC2CCN(Cc3c(OC(C)C)cccc3N(C)C)CC2)c2cc(OC)c(OC)cc2n1. The summed E-state index contributed by atoms with van der Waals surface area (Å²) in [6, 6.07) is 10.6. The van der Waals surface area contributed by atoms with Gasteiger partial charge in [0.05, 0.1) is 25.8 Å². The molecule has 10 nitrogen and oxygen atoms in total. The number of rotatable bonds is 16. The van der Waals surface area contributed by atoms with Crippen molar-refractivity contribution in [2.45, 2.75) is 65.6 Å². The standard InChI is InChI=1S/C34H53N7O3/c1-9-40(10-2)18-12-17-35-34-37-28-22-32(43-8)31(42-7)21-26(28)33(38-34)36-25-15-19-41(20-16-25)23-27-29(39(5)6)13-11-14-30(27)44-24(3)4/h11,13-14,21-22,24-25H,9-10,12,15-20,23H2,1-8H3,(H2,35,36,37,38). The first-order valence-electron chi connectivity index (χ1n) is 16.1. The highest BCUT2D eigenvalue weighted by molar-refractivity contribution is 5.92. The summed E-state index contributed by atoms with van der Waals surface area (Å²) < 4.78 is 17.4. The van der Waals surface area contributed by atoms with Crippen molar-refractivity contribution >= 4 is 28.4 Å². The molecule has 3 aromatic rings. The Hall–Kier alpha value is -3.50. The average molecular weight is 608 g/mol. The first-order chi connectivity index (χ1) is 21.3. The van der Waals surface area contributed by atoms with E-state index in [9.17, 15) is 0 Å². The monoisotopic (exact) mass is 607 g/mol. The van der Waals surface area contributed by atoms with E-state index in [1.807, 2.05) is 12.1 Å². The maximum absolute atomic E-state index is 6.22. The summed E-state index contributed by atoms with van der Waals surface area (Å²) in [6.07, 6.45) is 3.17. The zero-order chi connectivity index (χ0) is 31.6. The molecule has 242 valence electrons. The van der Waals surface area contributed by atoms with E-state index in [0.29, 0.717) is 23.5 Å². The van der Waals surface area contributed by atoms with E-state index in [1.54, 1.807) is 14.2 Å². The number of anilines is 3. The highest BCUT2D eigenvalue weighted by atomic mass is 16.5. The van der Waals surface area contributed by atoms with Crippen LogP contribution >= 0.6 is 0 Å². The Morgan fingerprint density at radius 1 is 0.977 bits per heavy atom. The summed E-state index contributed by atoms with van der Waals surface area (Å²) in [4.78, 5) is 16.9. The molecule has 0 radical (unpaired) electrons. The van der Waals surface area contributed by atoms with Gasteiger partial charge in [-0.2, -0.15) is 4.98 Å². The second-order valence-corrected chi connectivity index (χ2v) is 11.9. The van der Waals surface area contributed by atoms with Crippen LogP contribution in [0.4, 0.5) is 17.5 Å². The molecule has 44 heavy (non-hydrogen) atoms. The molecule has 1 aliphatic rings. The van der Waals surface area contributed by atoms with Gasteiger partial charge in [-0.3, -0.25) is 4.90 Å². The van der Waals surface area contributed by atoms with Crippen molar-refractivity contribution in [3.63, 3.8) is 0 Å². The largest absolute Gasteiger partial charge is 0.493 e. The Morgan fingerprint density at radius 3 is 2.32 bits per heavy atom. The number of nitrogens with one attached hydrogen (secondary N) is 2. The molecule has 0 unspecified atom stereocenters. The number of likely N-dealkylation sites (tertiary alicyclic amines) is 1. The molecule has 0 saturated carbocycles. The fourth-order valence-corrected chi connectivity index (χ4v) is 5.84. The van der Waals surface area contributed by atoms with Gasteiger partial charge in [0, 0.05) is 69.0 Å². The molecule has 10 heteroatoms. The first kappa shape index (κ1) is 33.4. The lowest BCUT2D eigenvalue weighted by Crippen LogP contribution is -2.39. The third-order valence-corrected chi connectivity index (χ3v) is 8.29. The van der Waals surface area contributed by atoms with Gasteiger partial charge in [0.1, 0.15) is 11.6 Å². The van der Waals surface area contributed by atoms with Gasteiger partial charge in [0.2, 0.25) is 5.95 Å². The van der Waals surface area contributed by atoms with Crippen molar-refractivity contribution in [3.05, 3.63) is 35.9 Å². The van der Waals surface area contributed by atoms with E-state index in [1.165, 1.54) is 11.3 Å². The van der Waals surface area contributed by atoms with Crippen LogP contribution in [0.15, 0.2) is 30.3 Å². The minimum atomic E-state index is 0.129. The Kier molecular flexibility index (Phi) is 12.1. The van der Waals surface area contributed by atoms with E-state index < -0.39 is 0 Å². The quantitative estimate of drug-likeness (QED) is 0.197. The number of ether oxygens (including phenoxy) is 3. The number of piperidine rings is 1. The lowest BCUT2D eigenvalue weighted by atomic mass is 10.0. The molecule has 1 aliphatic heterocycles. The Balaban J connectivity index is 1.49. The van der Waals surface area contributed by atoms with Gasteiger partial charge in [-0.15, -0.1) is 0 Å². The number of nitrogens with zero attached hydrogens (tertiary/aromatic N) is 5. The van der Waals surface area contributed by atoms with Gasteiger partial charge in [0.15, 0.2) is 11.5 Å². The molecule has 0 amide bonds. The molecule has 1 fully saturated rings. The summed E-state index contributed by atoms with van der Waals surface area (Å²) in [5.41, 5.74) is 3.27. The smallest absolute Gasteiger partial charge is 0.225 e. The molecule has 0 bridgehead atoms. The van der Waals surface area contributed by atoms with Gasteiger partial charge in [-0.1, -0.05) is 19.9 Å². The molecule has 2 N–H and O–H groups in total. The van der Waals surface area contributed by atoms with E-state index in [4.69, 9.17) is 24.2 Å². The number of hydrogen-bond donors (Lipinski definition) is 2. The maximum Gasteiger partial charge on any atom is 0.225 e. The van der Waals surface area contributed by atoms with E-state index in [2.05, 4.69) is 85.3 Å². The van der Waals surface area contributed by atoms with Crippen molar-refractivity contribution < 1.29 is 14.2 Å². The van der Waals surface area contributed by atoms with Crippen LogP contribution in [0, 0.1) is 0 Å². The van der Waals surface area contributed by atoms with Crippen LogP contribution in [0.1, 0.15) is 52.5 Å². The molecule has 0 spiro atoms. The normalized spacial score (nSPS) is 14.3. The lowest BCUT2D eigenvalue weighted by molar-refractivity contribution is 0.200. The minimum absolute atomic E-state index is 0.129. The molecular formula is C34H53N7O3. The summed E-state index contributed by atoms with van der Waals surface area (Å²) in [5, 5.41) is 8.17. The summed E-state index contributed by atoms with van der Waals surface area (Å²) in [6.45, 7) is 15.4. The van der Waals surface area contributed by atoms with E-state index >= 15 is 0 Å². The zero-order valence-corrected chi connectivity index (χ0v) is 28.1. The van der Waals surface area contributed by atoms with Gasteiger partial charge >= 0.3 is 0 Å². The maximum atomic E-state index is 6.22. The fourth-order valence-electron chi connectivity index (χ4n) is 5.84. The highest BCUT2D eigenvalue weighted by Crippen LogP contribution is 2.36. The van der Waals surface area contributed by atoms with Gasteiger partial charge in [-0.25, -0.2) is 4.98 Å². The van der Waals surface area contributed by atoms with Crippen LogP contribution in [0.5, 0.6) is 17.2 Å². The fraction of sp³-hybridized carbons (Fsp3) is 0.588. The summed E-state index contributed by atoms with van der Waals surface area (Å²) in [5.74, 6) is 3.75. The van der Waals surface area contributed by atoms with Crippen molar-refractivity contribution in [1.82, 2.24) is 19.8 Å². The van der Waals surface area contributed by atoms with Gasteiger partial charge in [0.25, 0.3) is 0 Å². The molecule has 0 aliphatic carbocycles. The van der Waals surface area contributed by atoms with E-state index in [0.717, 1.165) is 87.5 Å². The highest BCUT2D eigenvalue weighted by Gasteiger charge is 2.24. The molecular weight excluding hydrogens is 554 g/mol. The number of fused-ring (bicyclic) bond motifs is 1. The van der Waals surface area contributed by atoms with Gasteiger partial charge in [-0.05, 0) is 70.9 Å². The Bertz CT molecular complexity index is 1340. The molecule has 0 atom stereocenters. The number of benzene rings is 2. The van der Waals surface area contributed by atoms with Crippen LogP contribution in [0.2, 0.25) is 0 Å². The second kappa shape index (κ2) is 16.0. The number of aromatic nitrogens is 2. The van der Waals surface area contributed by atoms with Crippen LogP contribution in [-0.4, -0.2) is 99.5 Å². The van der Waals surface area contributed by atoms with Crippen molar-refractivity contribution in [1.29, 1.82) is 0 Å². The third-order valence-electron chi connectivity index (χ3n) is 8.29. The molecule has 1 saturated heterocycles.